The highest BCUT2D eigenvalue weighted by Gasteiger charge is 2.27. The van der Waals surface area contributed by atoms with Gasteiger partial charge in [-0.2, -0.15) is 0 Å². The van der Waals surface area contributed by atoms with E-state index in [1.54, 1.807) is 6.92 Å². The molecule has 12 heteroatoms. The number of hydrogen-bond acceptors (Lipinski definition) is 9. The Balaban J connectivity index is 1.60. The Morgan fingerprint density at radius 1 is 0.957 bits per heavy atom. The maximum Gasteiger partial charge on any atom is 0.343 e. The van der Waals surface area contributed by atoms with Crippen LogP contribution in [0.4, 0.5) is 5.69 Å². The van der Waals surface area contributed by atoms with Gasteiger partial charge in [-0.3, -0.25) is 14.7 Å². The number of guanidine groups is 1. The molecule has 0 aromatic heterocycles. The van der Waals surface area contributed by atoms with Crippen LogP contribution in [0.5, 0.6) is 5.75 Å². The minimum Gasteiger partial charge on any atom is -0.490 e. The lowest BCUT2D eigenvalue weighted by atomic mass is 10.0. The van der Waals surface area contributed by atoms with Crippen molar-refractivity contribution in [1.82, 2.24) is 4.90 Å². The maximum atomic E-state index is 13.5. The number of carbonyl (C=O) groups is 3. The van der Waals surface area contributed by atoms with Gasteiger partial charge in [0.15, 0.2) is 12.1 Å². The molecular weight excluding hydrogens is 600 g/mol. The number of esters is 2. The average molecular weight is 653 g/mol. The van der Waals surface area contributed by atoms with E-state index in [9.17, 15) is 14.4 Å². The van der Waals surface area contributed by atoms with Gasteiger partial charge in [-0.1, -0.05) is 69.0 Å². The summed E-state index contributed by atoms with van der Waals surface area (Å²) in [6.07, 6.45) is 5.72. The fraction of sp³-hybridized carbons (Fsp3) is 0.543. The number of para-hydroxylation sites is 2. The summed E-state index contributed by atoms with van der Waals surface area (Å²) in [7, 11) is 0. The van der Waals surface area contributed by atoms with Crippen LogP contribution in [0.2, 0.25) is 0 Å². The Kier molecular flexibility index (Phi) is 16.2. The zero-order chi connectivity index (χ0) is 34.0. The predicted octanol–water partition coefficient (Wildman–Crippen LogP) is 3.28. The van der Waals surface area contributed by atoms with E-state index < -0.39 is 24.1 Å². The van der Waals surface area contributed by atoms with Crippen molar-refractivity contribution in [3.05, 3.63) is 59.7 Å². The number of nitrogens with two attached hydrogens (primary N) is 3. The number of ether oxygens (including phenoxy) is 3. The Morgan fingerprint density at radius 2 is 1.68 bits per heavy atom. The van der Waals surface area contributed by atoms with Crippen LogP contribution in [-0.2, 0) is 36.8 Å². The molecule has 258 valence electrons. The summed E-state index contributed by atoms with van der Waals surface area (Å²) in [5, 5.41) is 0. The van der Waals surface area contributed by atoms with Crippen LogP contribution in [0, 0.1) is 0 Å². The first-order valence-corrected chi connectivity index (χ1v) is 16.7. The van der Waals surface area contributed by atoms with Gasteiger partial charge in [0.25, 0.3) is 0 Å². The van der Waals surface area contributed by atoms with Gasteiger partial charge in [-0.25, -0.2) is 9.59 Å². The van der Waals surface area contributed by atoms with Gasteiger partial charge in [0.1, 0.15) is 18.4 Å². The molecule has 6 N–H and O–H groups in total. The topological polar surface area (TPSA) is 176 Å². The zero-order valence-corrected chi connectivity index (χ0v) is 27.9. The number of carbonyl (C=O) groups excluding carboxylic acids is 3. The van der Waals surface area contributed by atoms with Crippen molar-refractivity contribution in [2.45, 2.75) is 83.9 Å². The molecule has 3 rings (SSSR count). The van der Waals surface area contributed by atoms with Crippen molar-refractivity contribution in [2.75, 3.05) is 44.3 Å². The minimum absolute atomic E-state index is 0.0376. The molecule has 0 fully saturated rings. The number of rotatable bonds is 20. The van der Waals surface area contributed by atoms with Crippen molar-refractivity contribution in [3.8, 4) is 5.75 Å². The SMILES string of the molecule is CCCCCCCN(CC(=O)N1CCOc2ccccc21)Cc1ccc(CC(OCC)C(=O)OC(=O)[C@@H](N)CCCN=C(N)N)cc1. The van der Waals surface area contributed by atoms with E-state index in [1.165, 1.54) is 19.3 Å². The summed E-state index contributed by atoms with van der Waals surface area (Å²) in [4.78, 5) is 46.6. The van der Waals surface area contributed by atoms with E-state index in [2.05, 4.69) is 16.8 Å². The molecule has 12 nitrogen and oxygen atoms in total. The van der Waals surface area contributed by atoms with Gasteiger partial charge < -0.3 is 36.3 Å². The molecule has 2 aromatic rings. The fourth-order valence-electron chi connectivity index (χ4n) is 5.40. The third-order valence-electron chi connectivity index (χ3n) is 7.92. The number of fused-ring (bicyclic) bond motifs is 1. The molecule has 1 amide bonds. The Morgan fingerprint density at radius 3 is 2.40 bits per heavy atom. The van der Waals surface area contributed by atoms with E-state index in [0.717, 1.165) is 42.0 Å². The average Bonchev–Trinajstić information content (AvgIpc) is 3.06. The molecular formula is C35H52N6O6. The zero-order valence-electron chi connectivity index (χ0n) is 27.9. The molecule has 0 saturated carbocycles. The lowest BCUT2D eigenvalue weighted by Crippen LogP contribution is -2.44. The summed E-state index contributed by atoms with van der Waals surface area (Å²) in [6, 6.07) is 14.5. The third-order valence-corrected chi connectivity index (χ3v) is 7.92. The molecule has 1 heterocycles. The van der Waals surface area contributed by atoms with Gasteiger partial charge in [0, 0.05) is 26.1 Å². The number of aliphatic imine (C=N–C) groups is 1. The molecule has 47 heavy (non-hydrogen) atoms. The Bertz CT molecular complexity index is 1300. The lowest BCUT2D eigenvalue weighted by molar-refractivity contribution is -0.169. The number of amides is 1. The third kappa shape index (κ3) is 13.0. The number of benzene rings is 2. The van der Waals surface area contributed by atoms with E-state index >= 15 is 0 Å². The number of nitrogens with zero attached hydrogens (tertiary/aromatic N) is 3. The second kappa shape index (κ2) is 20.3. The highest BCUT2D eigenvalue weighted by atomic mass is 16.6. The van der Waals surface area contributed by atoms with Crippen molar-refractivity contribution < 1.29 is 28.6 Å². The van der Waals surface area contributed by atoms with Gasteiger partial charge in [0.2, 0.25) is 5.91 Å². The monoisotopic (exact) mass is 652 g/mol. The smallest absolute Gasteiger partial charge is 0.343 e. The van der Waals surface area contributed by atoms with E-state index in [-0.39, 0.29) is 31.3 Å². The Labute approximate surface area is 278 Å². The Hall–Kier alpha value is -4.00. The summed E-state index contributed by atoms with van der Waals surface area (Å²) >= 11 is 0. The lowest BCUT2D eigenvalue weighted by Gasteiger charge is -2.31. The summed E-state index contributed by atoms with van der Waals surface area (Å²) in [5.74, 6) is -0.853. The molecule has 2 aromatic carbocycles. The van der Waals surface area contributed by atoms with Crippen LogP contribution in [0.1, 0.15) is 69.9 Å². The molecule has 2 atom stereocenters. The normalized spacial score (nSPS) is 13.7. The standard InChI is InChI=1S/C35H52N6O6/c1-3-5-6-7-10-20-40(25-32(42)41-21-22-46-30-14-9-8-13-29(30)41)24-27-17-15-26(16-18-27)23-31(45-4-2)34(44)47-33(43)28(36)12-11-19-39-35(37)38/h8-9,13-18,28,31H,3-7,10-12,19-25,36H2,1-2H3,(H4,37,38,39)/t28-,31?/m0/s1. The van der Waals surface area contributed by atoms with Gasteiger partial charge >= 0.3 is 11.9 Å². The van der Waals surface area contributed by atoms with Crippen LogP contribution in [0.15, 0.2) is 53.5 Å². The van der Waals surface area contributed by atoms with Crippen molar-refractivity contribution >= 4 is 29.5 Å². The van der Waals surface area contributed by atoms with Gasteiger partial charge in [0.05, 0.1) is 18.8 Å². The molecule has 0 bridgehead atoms. The van der Waals surface area contributed by atoms with E-state index in [1.807, 2.05) is 53.4 Å². The second-order valence-electron chi connectivity index (χ2n) is 11.7. The fourth-order valence-corrected chi connectivity index (χ4v) is 5.40. The first-order chi connectivity index (χ1) is 22.7. The number of unbranched alkanes of at least 4 members (excludes halogenated alkanes) is 4. The highest BCUT2D eigenvalue weighted by molar-refractivity contribution is 5.96. The summed E-state index contributed by atoms with van der Waals surface area (Å²) in [6.45, 7) is 7.28. The first-order valence-electron chi connectivity index (χ1n) is 16.7. The van der Waals surface area contributed by atoms with Crippen molar-refractivity contribution in [2.24, 2.45) is 22.2 Å². The first kappa shape index (κ1) is 37.5. The molecule has 1 aliphatic rings. The van der Waals surface area contributed by atoms with E-state index in [4.69, 9.17) is 31.4 Å². The largest absolute Gasteiger partial charge is 0.490 e. The minimum atomic E-state index is -0.978. The summed E-state index contributed by atoms with van der Waals surface area (Å²) in [5.41, 5.74) is 19.2. The molecule has 1 aliphatic heterocycles. The molecule has 0 saturated heterocycles. The predicted molar refractivity (Wildman–Crippen MR) is 183 cm³/mol. The number of anilines is 1. The van der Waals surface area contributed by atoms with Crippen LogP contribution in [0.3, 0.4) is 0 Å². The van der Waals surface area contributed by atoms with E-state index in [0.29, 0.717) is 39.2 Å². The van der Waals surface area contributed by atoms with Crippen LogP contribution in [0.25, 0.3) is 0 Å². The van der Waals surface area contributed by atoms with Gasteiger partial charge in [-0.05, 0) is 56.0 Å². The number of hydrogen-bond donors (Lipinski definition) is 3. The molecule has 1 unspecified atom stereocenters. The van der Waals surface area contributed by atoms with Crippen LogP contribution in [-0.4, -0.2) is 80.2 Å². The molecule has 0 radical (unpaired) electrons. The molecule has 0 spiro atoms. The van der Waals surface area contributed by atoms with Crippen LogP contribution < -0.4 is 26.8 Å². The highest BCUT2D eigenvalue weighted by Crippen LogP contribution is 2.31. The van der Waals surface area contributed by atoms with Gasteiger partial charge in [-0.15, -0.1) is 0 Å². The van der Waals surface area contributed by atoms with Crippen LogP contribution >= 0.6 is 0 Å². The second-order valence-corrected chi connectivity index (χ2v) is 11.7. The van der Waals surface area contributed by atoms with Crippen molar-refractivity contribution in [3.63, 3.8) is 0 Å². The quantitative estimate of drug-likeness (QED) is 0.0633. The molecule has 0 aliphatic carbocycles. The van der Waals surface area contributed by atoms with Crippen molar-refractivity contribution in [1.29, 1.82) is 0 Å². The maximum absolute atomic E-state index is 13.5. The summed E-state index contributed by atoms with van der Waals surface area (Å²) < 4.78 is 16.4.